The summed E-state index contributed by atoms with van der Waals surface area (Å²) in [6.07, 6.45) is 0.951. The summed E-state index contributed by atoms with van der Waals surface area (Å²) in [7, 11) is 0. The first-order valence-corrected chi connectivity index (χ1v) is 6.17. The number of likely N-dealkylation sites (tertiary alicyclic amines) is 1. The van der Waals surface area contributed by atoms with Crippen LogP contribution in [0.1, 0.15) is 12.8 Å². The molecule has 2 fully saturated rings. The molecule has 1 spiro atoms. The molecule has 0 saturated carbocycles. The molecular formula is C9H12BrN3O3. The number of imide groups is 1. The van der Waals surface area contributed by atoms with Gasteiger partial charge in [-0.15, -0.1) is 0 Å². The molecule has 0 aliphatic carbocycles. The second-order valence-corrected chi connectivity index (χ2v) is 4.57. The summed E-state index contributed by atoms with van der Waals surface area (Å²) in [4.78, 5) is 35.8. The Morgan fingerprint density at radius 2 is 2.00 bits per heavy atom. The molecule has 2 N–H and O–H groups in total. The fourth-order valence-corrected chi connectivity index (χ4v) is 2.46. The Kier molecular flexibility index (Phi) is 2.88. The average molecular weight is 290 g/mol. The Balaban J connectivity index is 2.02. The summed E-state index contributed by atoms with van der Waals surface area (Å²) >= 11 is 3.11. The summed E-state index contributed by atoms with van der Waals surface area (Å²) in [5, 5.41) is 5.17. The van der Waals surface area contributed by atoms with Crippen molar-refractivity contribution in [2.75, 3.05) is 18.4 Å². The van der Waals surface area contributed by atoms with Crippen molar-refractivity contribution in [2.24, 2.45) is 0 Å². The molecule has 4 amide bonds. The monoisotopic (exact) mass is 289 g/mol. The fraction of sp³-hybridized carbons (Fsp3) is 0.667. The minimum Gasteiger partial charge on any atom is -0.342 e. The molecule has 88 valence electrons. The molecule has 2 saturated heterocycles. The maximum atomic E-state index is 11.6. The Labute approximate surface area is 101 Å². The number of amides is 4. The van der Waals surface area contributed by atoms with Crippen LogP contribution in [0.25, 0.3) is 0 Å². The molecule has 0 radical (unpaired) electrons. The highest BCUT2D eigenvalue weighted by Crippen LogP contribution is 2.25. The third kappa shape index (κ3) is 1.79. The fourth-order valence-electron chi connectivity index (χ4n) is 2.10. The van der Waals surface area contributed by atoms with Gasteiger partial charge in [0.2, 0.25) is 5.91 Å². The highest BCUT2D eigenvalue weighted by Gasteiger charge is 2.48. The Morgan fingerprint density at radius 3 is 2.44 bits per heavy atom. The highest BCUT2D eigenvalue weighted by molar-refractivity contribution is 9.09. The first-order valence-electron chi connectivity index (χ1n) is 5.05. The van der Waals surface area contributed by atoms with Crippen LogP contribution < -0.4 is 10.6 Å². The lowest BCUT2D eigenvalue weighted by Gasteiger charge is -2.36. The smallest absolute Gasteiger partial charge is 0.322 e. The molecule has 0 aromatic rings. The number of hydrogen-bond donors (Lipinski definition) is 2. The number of alkyl halides is 1. The first-order chi connectivity index (χ1) is 7.57. The van der Waals surface area contributed by atoms with E-state index >= 15 is 0 Å². The zero-order valence-corrected chi connectivity index (χ0v) is 10.2. The van der Waals surface area contributed by atoms with E-state index in [4.69, 9.17) is 0 Å². The third-order valence-corrected chi connectivity index (χ3v) is 3.58. The lowest BCUT2D eigenvalue weighted by Crippen LogP contribution is -2.55. The number of halogens is 1. The van der Waals surface area contributed by atoms with Crippen LogP contribution in [-0.4, -0.2) is 46.7 Å². The van der Waals surface area contributed by atoms with Crippen LogP contribution in [0, 0.1) is 0 Å². The standard InChI is InChI=1S/C9H12BrN3O3/c10-5-6(14)13-3-1-9(2-4-13)7(15)11-8(16)12-9/h1-5H2,(H2,11,12,15,16). The molecule has 6 nitrogen and oxygen atoms in total. The van der Waals surface area contributed by atoms with Gasteiger partial charge in [-0.2, -0.15) is 0 Å². The molecule has 2 rings (SSSR count). The van der Waals surface area contributed by atoms with Crippen LogP contribution in [0.15, 0.2) is 0 Å². The first kappa shape index (κ1) is 11.4. The summed E-state index contributed by atoms with van der Waals surface area (Å²) in [5.41, 5.74) is -0.791. The van der Waals surface area contributed by atoms with Gasteiger partial charge in [0.25, 0.3) is 5.91 Å². The minimum absolute atomic E-state index is 0.0135. The van der Waals surface area contributed by atoms with E-state index in [-0.39, 0.29) is 11.8 Å². The Bertz CT molecular complexity index is 350. The van der Waals surface area contributed by atoms with E-state index in [0.29, 0.717) is 31.3 Å². The van der Waals surface area contributed by atoms with Crippen LogP contribution in [0.3, 0.4) is 0 Å². The van der Waals surface area contributed by atoms with Crippen molar-refractivity contribution in [3.8, 4) is 0 Å². The lowest BCUT2D eigenvalue weighted by atomic mass is 9.88. The lowest BCUT2D eigenvalue weighted by molar-refractivity contribution is -0.133. The highest BCUT2D eigenvalue weighted by atomic mass is 79.9. The van der Waals surface area contributed by atoms with Gasteiger partial charge in [-0.1, -0.05) is 15.9 Å². The van der Waals surface area contributed by atoms with Gasteiger partial charge in [-0.3, -0.25) is 14.9 Å². The minimum atomic E-state index is -0.791. The number of nitrogens with zero attached hydrogens (tertiary/aromatic N) is 1. The Morgan fingerprint density at radius 1 is 1.38 bits per heavy atom. The van der Waals surface area contributed by atoms with Crippen LogP contribution in [0.4, 0.5) is 4.79 Å². The van der Waals surface area contributed by atoms with Crippen LogP contribution in [-0.2, 0) is 9.59 Å². The molecular weight excluding hydrogens is 278 g/mol. The second-order valence-electron chi connectivity index (χ2n) is 4.00. The normalized spacial score (nSPS) is 23.2. The van der Waals surface area contributed by atoms with E-state index < -0.39 is 11.6 Å². The van der Waals surface area contributed by atoms with Gasteiger partial charge >= 0.3 is 6.03 Å². The predicted octanol–water partition coefficient (Wildman–Crippen LogP) is -0.418. The van der Waals surface area contributed by atoms with Crippen LogP contribution in [0.5, 0.6) is 0 Å². The zero-order chi connectivity index (χ0) is 11.8. The third-order valence-electron chi connectivity index (χ3n) is 3.10. The maximum Gasteiger partial charge on any atom is 0.322 e. The average Bonchev–Trinajstić information content (AvgIpc) is 2.54. The van der Waals surface area contributed by atoms with E-state index in [9.17, 15) is 14.4 Å². The van der Waals surface area contributed by atoms with Crippen molar-refractivity contribution in [3.63, 3.8) is 0 Å². The van der Waals surface area contributed by atoms with Gasteiger partial charge in [0.15, 0.2) is 0 Å². The van der Waals surface area contributed by atoms with E-state index in [0.717, 1.165) is 0 Å². The number of rotatable bonds is 1. The van der Waals surface area contributed by atoms with Gasteiger partial charge in [-0.05, 0) is 12.8 Å². The largest absolute Gasteiger partial charge is 0.342 e. The van der Waals surface area contributed by atoms with Gasteiger partial charge < -0.3 is 10.2 Å². The molecule has 7 heteroatoms. The van der Waals surface area contributed by atoms with Crippen molar-refractivity contribution in [1.29, 1.82) is 0 Å². The van der Waals surface area contributed by atoms with Crippen LogP contribution in [0.2, 0.25) is 0 Å². The van der Waals surface area contributed by atoms with E-state index in [1.165, 1.54) is 0 Å². The molecule has 0 atom stereocenters. The number of piperidine rings is 1. The van der Waals surface area contributed by atoms with Crippen molar-refractivity contribution >= 4 is 33.8 Å². The Hall–Kier alpha value is -1.11. The van der Waals surface area contributed by atoms with Crippen molar-refractivity contribution in [1.82, 2.24) is 15.5 Å². The number of carbonyl (C=O) groups excluding carboxylic acids is 3. The summed E-state index contributed by atoms with van der Waals surface area (Å²) in [5.74, 6) is -0.261. The molecule has 2 aliphatic rings. The van der Waals surface area contributed by atoms with Crippen molar-refractivity contribution in [3.05, 3.63) is 0 Å². The molecule has 0 bridgehead atoms. The van der Waals surface area contributed by atoms with Crippen molar-refractivity contribution in [2.45, 2.75) is 18.4 Å². The second kappa shape index (κ2) is 4.04. The molecule has 16 heavy (non-hydrogen) atoms. The number of nitrogens with one attached hydrogen (secondary N) is 2. The van der Waals surface area contributed by atoms with E-state index in [1.54, 1.807) is 4.90 Å². The summed E-state index contributed by atoms with van der Waals surface area (Å²) in [6.45, 7) is 0.996. The van der Waals surface area contributed by atoms with Gasteiger partial charge in [0, 0.05) is 13.1 Å². The molecule has 0 unspecified atom stereocenters. The van der Waals surface area contributed by atoms with E-state index in [1.807, 2.05) is 0 Å². The molecule has 0 aromatic carbocycles. The topological polar surface area (TPSA) is 78.5 Å². The maximum absolute atomic E-state index is 11.6. The molecule has 2 aliphatic heterocycles. The summed E-state index contributed by atoms with van der Waals surface area (Å²) in [6, 6.07) is -0.440. The van der Waals surface area contributed by atoms with Gasteiger partial charge in [0.05, 0.1) is 5.33 Å². The van der Waals surface area contributed by atoms with E-state index in [2.05, 4.69) is 26.6 Å². The summed E-state index contributed by atoms with van der Waals surface area (Å²) < 4.78 is 0. The molecule has 2 heterocycles. The number of hydrogen-bond acceptors (Lipinski definition) is 3. The van der Waals surface area contributed by atoms with Crippen LogP contribution >= 0.6 is 15.9 Å². The SMILES string of the molecule is O=C1NC(=O)C2(CCN(C(=O)CBr)CC2)N1. The quantitative estimate of drug-likeness (QED) is 0.508. The van der Waals surface area contributed by atoms with Crippen molar-refractivity contribution < 1.29 is 14.4 Å². The van der Waals surface area contributed by atoms with Gasteiger partial charge in [-0.25, -0.2) is 4.79 Å². The number of carbonyl (C=O) groups is 3. The zero-order valence-electron chi connectivity index (χ0n) is 8.59. The molecule has 0 aromatic heterocycles. The van der Waals surface area contributed by atoms with Gasteiger partial charge in [0.1, 0.15) is 5.54 Å². The number of urea groups is 1. The predicted molar refractivity (Wildman–Crippen MR) is 59.0 cm³/mol.